The molecule has 3 rings (SSSR count). The molecule has 7 heteroatoms. The van der Waals surface area contributed by atoms with Crippen molar-refractivity contribution < 1.29 is 24.5 Å². The lowest BCUT2D eigenvalue weighted by atomic mass is 9.69. The number of hydrogen-bond acceptors (Lipinski definition) is 4. The van der Waals surface area contributed by atoms with Crippen LogP contribution in [0.2, 0.25) is 5.02 Å². The third-order valence-corrected chi connectivity index (χ3v) is 6.17. The predicted octanol–water partition coefficient (Wildman–Crippen LogP) is 3.34. The summed E-state index contributed by atoms with van der Waals surface area (Å²) in [7, 11) is 0. The minimum Gasteiger partial charge on any atom is -0.490 e. The van der Waals surface area contributed by atoms with E-state index < -0.39 is 11.4 Å². The summed E-state index contributed by atoms with van der Waals surface area (Å²) in [6.45, 7) is 4.93. The molecule has 0 radical (unpaired) electrons. The number of rotatable bonds is 3. The molecule has 1 aliphatic heterocycles. The van der Waals surface area contributed by atoms with Gasteiger partial charge in [0.05, 0.1) is 23.2 Å². The molecule has 1 aromatic carbocycles. The van der Waals surface area contributed by atoms with E-state index in [9.17, 15) is 19.8 Å². The highest BCUT2D eigenvalue weighted by atomic mass is 35.5. The van der Waals surface area contributed by atoms with Gasteiger partial charge in [-0.2, -0.15) is 0 Å². The molecule has 0 saturated heterocycles. The lowest BCUT2D eigenvalue weighted by molar-refractivity contribution is -0.145. The van der Waals surface area contributed by atoms with Gasteiger partial charge in [-0.3, -0.25) is 4.79 Å². The van der Waals surface area contributed by atoms with Gasteiger partial charge in [-0.05, 0) is 43.7 Å². The van der Waals surface area contributed by atoms with Crippen molar-refractivity contribution in [2.45, 2.75) is 52.2 Å². The van der Waals surface area contributed by atoms with Gasteiger partial charge in [0.1, 0.15) is 12.4 Å². The molecule has 2 aliphatic rings. The molecule has 1 amide bonds. The largest absolute Gasteiger partial charge is 0.490 e. The molecule has 1 aromatic rings. The lowest BCUT2D eigenvalue weighted by Crippen LogP contribution is -2.46. The van der Waals surface area contributed by atoms with E-state index in [1.807, 2.05) is 13.8 Å². The number of ether oxygens (including phenoxy) is 1. The molecule has 2 N–H and O–H groups in total. The van der Waals surface area contributed by atoms with E-state index in [0.717, 1.165) is 25.7 Å². The predicted molar refractivity (Wildman–Crippen MR) is 101 cm³/mol. The number of aromatic carboxylic acids is 1. The maximum atomic E-state index is 13.3. The quantitative estimate of drug-likeness (QED) is 0.819. The van der Waals surface area contributed by atoms with Gasteiger partial charge in [0, 0.05) is 17.5 Å². The highest BCUT2D eigenvalue weighted by Crippen LogP contribution is 2.41. The zero-order chi connectivity index (χ0) is 19.8. The normalized spacial score (nSPS) is 23.2. The van der Waals surface area contributed by atoms with Gasteiger partial charge >= 0.3 is 5.97 Å². The first kappa shape index (κ1) is 20.0. The second kappa shape index (κ2) is 7.68. The van der Waals surface area contributed by atoms with Crippen molar-refractivity contribution in [2.24, 2.45) is 11.3 Å². The first-order valence-electron chi connectivity index (χ1n) is 9.36. The van der Waals surface area contributed by atoms with Crippen LogP contribution in [0.1, 0.15) is 55.5 Å². The van der Waals surface area contributed by atoms with Crippen LogP contribution >= 0.6 is 11.6 Å². The Kier molecular flexibility index (Phi) is 5.68. The van der Waals surface area contributed by atoms with E-state index in [1.54, 1.807) is 4.90 Å². The van der Waals surface area contributed by atoms with E-state index in [2.05, 4.69) is 0 Å². The Balaban J connectivity index is 1.83. The molecular formula is C20H26ClNO5. The molecule has 1 fully saturated rings. The fraction of sp³-hybridized carbons (Fsp3) is 0.600. The van der Waals surface area contributed by atoms with Gasteiger partial charge in [0.25, 0.3) is 0 Å². The molecule has 6 nitrogen and oxygen atoms in total. The third-order valence-electron chi connectivity index (χ3n) is 5.89. The van der Waals surface area contributed by atoms with Crippen molar-refractivity contribution in [1.82, 2.24) is 4.90 Å². The maximum absolute atomic E-state index is 13.3. The molecule has 0 unspecified atom stereocenters. The number of carboxylic acids is 1. The molecule has 0 atom stereocenters. The van der Waals surface area contributed by atoms with Gasteiger partial charge in [0.2, 0.25) is 5.91 Å². The summed E-state index contributed by atoms with van der Waals surface area (Å²) in [6, 6.07) is 2.90. The van der Waals surface area contributed by atoms with Crippen molar-refractivity contribution in [3.05, 3.63) is 28.3 Å². The average Bonchev–Trinajstić information content (AvgIpc) is 2.84. The van der Waals surface area contributed by atoms with Gasteiger partial charge in [0.15, 0.2) is 0 Å². The Morgan fingerprint density at radius 1 is 1.22 bits per heavy atom. The monoisotopic (exact) mass is 395 g/mol. The maximum Gasteiger partial charge on any atom is 0.335 e. The first-order valence-corrected chi connectivity index (χ1v) is 9.74. The molecule has 148 valence electrons. The molecule has 0 bridgehead atoms. The van der Waals surface area contributed by atoms with Crippen molar-refractivity contribution >= 4 is 23.5 Å². The Bertz CT molecular complexity index is 740. The molecule has 1 heterocycles. The topological polar surface area (TPSA) is 87.1 Å². The van der Waals surface area contributed by atoms with Crippen LogP contribution in [0.3, 0.4) is 0 Å². The molecular weight excluding hydrogens is 370 g/mol. The van der Waals surface area contributed by atoms with Crippen LogP contribution < -0.4 is 4.74 Å². The number of carbonyl (C=O) groups is 2. The van der Waals surface area contributed by atoms with Crippen molar-refractivity contribution in [2.75, 3.05) is 13.2 Å². The Morgan fingerprint density at radius 3 is 2.52 bits per heavy atom. The minimum absolute atomic E-state index is 0.0252. The number of fused-ring (bicyclic) bond motifs is 1. The lowest BCUT2D eigenvalue weighted by Gasteiger charge is -2.40. The van der Waals surface area contributed by atoms with Crippen LogP contribution in [-0.4, -0.2) is 46.2 Å². The first-order chi connectivity index (χ1) is 12.7. The van der Waals surface area contributed by atoms with Gasteiger partial charge < -0.3 is 19.8 Å². The van der Waals surface area contributed by atoms with Gasteiger partial charge in [-0.15, -0.1) is 0 Å². The summed E-state index contributed by atoms with van der Waals surface area (Å²) in [6.07, 6.45) is 2.85. The fourth-order valence-electron chi connectivity index (χ4n) is 4.15. The minimum atomic E-state index is -1.07. The van der Waals surface area contributed by atoms with Crippen LogP contribution in [0, 0.1) is 11.3 Å². The number of aliphatic hydroxyl groups excluding tert-OH is 1. The van der Waals surface area contributed by atoms with Crippen LogP contribution in [0.4, 0.5) is 0 Å². The number of carboxylic acid groups (broad SMARTS) is 1. The van der Waals surface area contributed by atoms with E-state index in [0.29, 0.717) is 24.5 Å². The third kappa shape index (κ3) is 4.06. The van der Waals surface area contributed by atoms with Gasteiger partial charge in [-0.1, -0.05) is 25.4 Å². The standard InChI is InChI=1S/C20H26ClNO5/c1-20(2,14-3-5-15(23)6-4-14)19(26)22-7-8-27-17-13(11-22)9-12(18(24)25)10-16(17)21/h9-10,14-15,23H,3-8,11H2,1-2H3,(H,24,25). The number of benzene rings is 1. The number of nitrogens with zero attached hydrogens (tertiary/aromatic N) is 1. The molecule has 1 aliphatic carbocycles. The zero-order valence-corrected chi connectivity index (χ0v) is 16.5. The molecule has 0 spiro atoms. The van der Waals surface area contributed by atoms with E-state index >= 15 is 0 Å². The Morgan fingerprint density at radius 2 is 1.89 bits per heavy atom. The Hall–Kier alpha value is -1.79. The van der Waals surface area contributed by atoms with Crippen molar-refractivity contribution in [3.63, 3.8) is 0 Å². The zero-order valence-electron chi connectivity index (χ0n) is 15.7. The fourth-order valence-corrected chi connectivity index (χ4v) is 4.44. The van der Waals surface area contributed by atoms with E-state index in [4.69, 9.17) is 16.3 Å². The summed E-state index contributed by atoms with van der Waals surface area (Å²) in [4.78, 5) is 26.4. The van der Waals surface area contributed by atoms with E-state index in [-0.39, 0.29) is 35.1 Å². The van der Waals surface area contributed by atoms with Gasteiger partial charge in [-0.25, -0.2) is 4.79 Å². The number of carbonyl (C=O) groups excluding carboxylic acids is 1. The average molecular weight is 396 g/mol. The molecule has 0 aromatic heterocycles. The number of aliphatic hydroxyl groups is 1. The number of hydrogen-bond donors (Lipinski definition) is 2. The highest BCUT2D eigenvalue weighted by molar-refractivity contribution is 6.32. The van der Waals surface area contributed by atoms with Crippen molar-refractivity contribution in [1.29, 1.82) is 0 Å². The van der Waals surface area contributed by atoms with Crippen LogP contribution in [-0.2, 0) is 11.3 Å². The SMILES string of the molecule is CC(C)(C(=O)N1CCOc2c(Cl)cc(C(=O)O)cc2C1)C1CCC(O)CC1. The smallest absolute Gasteiger partial charge is 0.335 e. The highest BCUT2D eigenvalue weighted by Gasteiger charge is 2.41. The van der Waals surface area contributed by atoms with Crippen LogP contribution in [0.5, 0.6) is 5.75 Å². The second-order valence-electron chi connectivity index (χ2n) is 8.05. The number of halogens is 1. The second-order valence-corrected chi connectivity index (χ2v) is 8.46. The summed E-state index contributed by atoms with van der Waals surface area (Å²) >= 11 is 6.20. The van der Waals surface area contributed by atoms with Crippen LogP contribution in [0.25, 0.3) is 0 Å². The Labute approximate surface area is 164 Å². The number of amides is 1. The van der Waals surface area contributed by atoms with Crippen molar-refractivity contribution in [3.8, 4) is 5.75 Å². The summed E-state index contributed by atoms with van der Waals surface area (Å²) in [5.74, 6) is -0.373. The van der Waals surface area contributed by atoms with E-state index in [1.165, 1.54) is 12.1 Å². The summed E-state index contributed by atoms with van der Waals surface area (Å²) < 4.78 is 5.71. The summed E-state index contributed by atoms with van der Waals surface area (Å²) in [5.41, 5.74) is 0.136. The molecule has 1 saturated carbocycles. The molecule has 27 heavy (non-hydrogen) atoms. The summed E-state index contributed by atoms with van der Waals surface area (Å²) in [5, 5.41) is 19.3. The van der Waals surface area contributed by atoms with Crippen LogP contribution in [0.15, 0.2) is 12.1 Å².